The first kappa shape index (κ1) is 24.6. The first-order chi connectivity index (χ1) is 16.7. The molecule has 2 aliphatic heterocycles. The minimum atomic E-state index is -1.18. The maximum atomic E-state index is 13.3. The van der Waals surface area contributed by atoms with Crippen LogP contribution in [0.4, 0.5) is 9.18 Å². The number of carbonyl (C=O) groups is 3. The van der Waals surface area contributed by atoms with Crippen molar-refractivity contribution in [2.45, 2.75) is 37.9 Å². The summed E-state index contributed by atoms with van der Waals surface area (Å²) in [5.74, 6) is -1.97. The van der Waals surface area contributed by atoms with E-state index >= 15 is 0 Å². The molecule has 0 saturated carbocycles. The summed E-state index contributed by atoms with van der Waals surface area (Å²) in [6.45, 7) is 0.465. The van der Waals surface area contributed by atoms with Gasteiger partial charge in [-0.2, -0.15) is 0 Å². The third-order valence-corrected chi connectivity index (χ3v) is 6.26. The lowest BCUT2D eigenvalue weighted by Gasteiger charge is -2.56. The van der Waals surface area contributed by atoms with E-state index in [0.717, 1.165) is 5.56 Å². The van der Waals surface area contributed by atoms with Crippen LogP contribution in [0.25, 0.3) is 0 Å². The minimum absolute atomic E-state index is 0.00253. The lowest BCUT2D eigenvalue weighted by Crippen LogP contribution is -2.77. The number of nitrogens with zero attached hydrogens (tertiary/aromatic N) is 4. The predicted molar refractivity (Wildman–Crippen MR) is 123 cm³/mol. The van der Waals surface area contributed by atoms with Gasteiger partial charge in [0.2, 0.25) is 5.91 Å². The Hall–Kier alpha value is -3.54. The molecule has 2 aromatic carbocycles. The molecule has 2 aliphatic rings. The molecular weight excluding hydrogens is 457 g/mol. The number of aliphatic hydroxyl groups is 1. The zero-order valence-electron chi connectivity index (χ0n) is 19.2. The van der Waals surface area contributed by atoms with Crippen LogP contribution in [0.3, 0.4) is 0 Å². The third kappa shape index (κ3) is 5.42. The number of carboxylic acids is 1. The van der Waals surface area contributed by atoms with Crippen molar-refractivity contribution in [1.29, 1.82) is 0 Å². The third-order valence-electron chi connectivity index (χ3n) is 6.26. The van der Waals surface area contributed by atoms with Crippen molar-refractivity contribution in [3.05, 3.63) is 71.5 Å². The Bertz CT molecular complexity index is 1070. The molecular formula is C24H28FN5O5. The normalized spacial score (nSPS) is 23.2. The molecule has 0 aromatic heterocycles. The van der Waals surface area contributed by atoms with Crippen molar-refractivity contribution in [1.82, 2.24) is 25.1 Å². The molecule has 0 spiro atoms. The van der Waals surface area contributed by atoms with Crippen molar-refractivity contribution in [2.75, 3.05) is 20.1 Å². The fourth-order valence-electron chi connectivity index (χ4n) is 4.64. The summed E-state index contributed by atoms with van der Waals surface area (Å²) in [5, 5.41) is 26.0. The Labute approximate surface area is 202 Å². The maximum Gasteiger partial charge on any atom is 0.333 e. The van der Waals surface area contributed by atoms with Crippen LogP contribution >= 0.6 is 0 Å². The van der Waals surface area contributed by atoms with Crippen LogP contribution in [0, 0.1) is 5.82 Å². The van der Waals surface area contributed by atoms with E-state index in [0.29, 0.717) is 5.56 Å². The van der Waals surface area contributed by atoms with Gasteiger partial charge >= 0.3 is 12.0 Å². The highest BCUT2D eigenvalue weighted by Crippen LogP contribution is 2.30. The molecule has 3 amide bonds. The van der Waals surface area contributed by atoms with Gasteiger partial charge in [0.15, 0.2) is 0 Å². The largest absolute Gasteiger partial charge is 0.481 e. The summed E-state index contributed by atoms with van der Waals surface area (Å²) in [7, 11) is 1.64. The fraction of sp³-hybridized carbons (Fsp3) is 0.375. The van der Waals surface area contributed by atoms with E-state index in [1.165, 1.54) is 26.9 Å². The number of carbonyl (C=O) groups excluding carboxylic acids is 2. The van der Waals surface area contributed by atoms with E-state index in [9.17, 15) is 29.0 Å². The zero-order valence-corrected chi connectivity index (χ0v) is 19.2. The summed E-state index contributed by atoms with van der Waals surface area (Å²) in [6.07, 6.45) is -2.44. The monoisotopic (exact) mass is 485 g/mol. The average Bonchev–Trinajstić information content (AvgIpc) is 2.81. The molecule has 3 atom stereocenters. The van der Waals surface area contributed by atoms with Gasteiger partial charge in [-0.3, -0.25) is 9.59 Å². The number of β-amino-alcohol motifs (C(OH)–C–C–N with tert-alkyl or cyclic N) is 1. The number of amides is 3. The zero-order chi connectivity index (χ0) is 25.1. The second kappa shape index (κ2) is 10.4. The number of nitrogens with one attached hydrogen (secondary N) is 1. The number of fused-ring (bicyclic) bond motifs is 1. The molecule has 2 fully saturated rings. The van der Waals surface area contributed by atoms with Gasteiger partial charge in [-0.25, -0.2) is 24.1 Å². The fourth-order valence-corrected chi connectivity index (χ4v) is 4.64. The Morgan fingerprint density at radius 2 is 1.74 bits per heavy atom. The van der Waals surface area contributed by atoms with Gasteiger partial charge in [0.25, 0.3) is 0 Å². The summed E-state index contributed by atoms with van der Waals surface area (Å²) in [5.41, 5.74) is 1.56. The highest BCUT2D eigenvalue weighted by Gasteiger charge is 2.51. The van der Waals surface area contributed by atoms with Crippen LogP contribution in [-0.4, -0.2) is 86.5 Å². The molecule has 1 unspecified atom stereocenters. The molecule has 35 heavy (non-hydrogen) atoms. The van der Waals surface area contributed by atoms with Crippen molar-refractivity contribution >= 4 is 17.9 Å². The number of piperazine rings is 1. The number of likely N-dealkylation sites (N-methyl/N-ethyl adjacent to an activating group) is 1. The number of hydrogen-bond donors (Lipinski definition) is 3. The number of benzene rings is 2. The number of hydrazine groups is 1. The standard InChI is InChI=1S/C24H28FN5O5/c1-27-15-21(31)29-19(11-22(32)33)23(34)28(13-17-5-3-2-4-6-17)14-20(29)30(27)24(35)26-12-16-7-9-18(25)10-8-16/h2-10,19-21,31H,11-15H2,1H3,(H,26,35)(H,32,33)/t19-,20-,21?/m0/s1. The number of hydrogen-bond acceptors (Lipinski definition) is 6. The highest BCUT2D eigenvalue weighted by atomic mass is 19.1. The Morgan fingerprint density at radius 3 is 2.40 bits per heavy atom. The van der Waals surface area contributed by atoms with Gasteiger partial charge in [-0.15, -0.1) is 0 Å². The van der Waals surface area contributed by atoms with Crippen LogP contribution in [0.15, 0.2) is 54.6 Å². The van der Waals surface area contributed by atoms with Crippen LogP contribution in [0.5, 0.6) is 0 Å². The number of aliphatic carboxylic acids is 1. The van der Waals surface area contributed by atoms with Gasteiger partial charge in [-0.1, -0.05) is 42.5 Å². The van der Waals surface area contributed by atoms with Gasteiger partial charge in [0.1, 0.15) is 24.3 Å². The van der Waals surface area contributed by atoms with Gasteiger partial charge in [0.05, 0.1) is 19.5 Å². The average molecular weight is 486 g/mol. The van der Waals surface area contributed by atoms with Gasteiger partial charge < -0.3 is 20.4 Å². The van der Waals surface area contributed by atoms with E-state index in [1.807, 2.05) is 30.3 Å². The van der Waals surface area contributed by atoms with Crippen molar-refractivity contribution in [3.8, 4) is 0 Å². The molecule has 186 valence electrons. The van der Waals surface area contributed by atoms with Crippen molar-refractivity contribution in [3.63, 3.8) is 0 Å². The summed E-state index contributed by atoms with van der Waals surface area (Å²) >= 11 is 0. The van der Waals surface area contributed by atoms with E-state index in [-0.39, 0.29) is 32.0 Å². The van der Waals surface area contributed by atoms with Crippen LogP contribution in [0.2, 0.25) is 0 Å². The maximum absolute atomic E-state index is 13.3. The Kier molecular flexibility index (Phi) is 7.29. The molecule has 11 heteroatoms. The summed E-state index contributed by atoms with van der Waals surface area (Å²) < 4.78 is 13.2. The molecule has 0 aliphatic carbocycles. The van der Waals surface area contributed by atoms with E-state index < -0.39 is 42.8 Å². The molecule has 2 saturated heterocycles. The van der Waals surface area contributed by atoms with Gasteiger partial charge in [0, 0.05) is 20.1 Å². The highest BCUT2D eigenvalue weighted by molar-refractivity contribution is 5.87. The number of urea groups is 1. The minimum Gasteiger partial charge on any atom is -0.481 e. The summed E-state index contributed by atoms with van der Waals surface area (Å²) in [4.78, 5) is 41.1. The molecule has 0 bridgehead atoms. The Balaban J connectivity index is 1.59. The quantitative estimate of drug-likeness (QED) is 0.560. The molecule has 2 heterocycles. The van der Waals surface area contributed by atoms with Crippen molar-refractivity contribution in [2.24, 2.45) is 0 Å². The van der Waals surface area contributed by atoms with E-state index in [1.54, 1.807) is 24.2 Å². The molecule has 0 radical (unpaired) electrons. The number of aliphatic hydroxyl groups excluding tert-OH is 1. The Morgan fingerprint density at radius 1 is 1.06 bits per heavy atom. The number of halogens is 1. The lowest BCUT2D eigenvalue weighted by atomic mass is 10.0. The second-order valence-corrected chi connectivity index (χ2v) is 8.70. The van der Waals surface area contributed by atoms with Crippen LogP contribution < -0.4 is 5.32 Å². The van der Waals surface area contributed by atoms with E-state index in [4.69, 9.17) is 0 Å². The molecule has 2 aromatic rings. The van der Waals surface area contributed by atoms with Crippen LogP contribution in [-0.2, 0) is 22.7 Å². The smallest absolute Gasteiger partial charge is 0.333 e. The molecule has 4 rings (SSSR count). The molecule has 10 nitrogen and oxygen atoms in total. The first-order valence-corrected chi connectivity index (χ1v) is 11.3. The second-order valence-electron chi connectivity index (χ2n) is 8.70. The number of rotatable bonds is 6. The predicted octanol–water partition coefficient (Wildman–Crippen LogP) is 1.03. The topological polar surface area (TPSA) is 117 Å². The lowest BCUT2D eigenvalue weighted by molar-refractivity contribution is -0.224. The van der Waals surface area contributed by atoms with Crippen molar-refractivity contribution < 1.29 is 29.0 Å². The first-order valence-electron chi connectivity index (χ1n) is 11.3. The summed E-state index contributed by atoms with van der Waals surface area (Å²) in [6, 6.07) is 13.4. The van der Waals surface area contributed by atoms with E-state index in [2.05, 4.69) is 5.32 Å². The van der Waals surface area contributed by atoms with Gasteiger partial charge in [-0.05, 0) is 23.3 Å². The van der Waals surface area contributed by atoms with Crippen LogP contribution in [0.1, 0.15) is 17.5 Å². The number of carboxylic acid groups (broad SMARTS) is 1. The molecule has 3 N–H and O–H groups in total. The SMILES string of the molecule is CN1CC(O)N2[C@@H](CC(=O)O)C(=O)N(Cc3ccccc3)C[C@@H]2N1C(=O)NCc1ccc(F)cc1.